The number of amides is 1. The van der Waals surface area contributed by atoms with E-state index in [0.717, 1.165) is 22.0 Å². The molecular weight excluding hydrogens is 440 g/mol. The van der Waals surface area contributed by atoms with Crippen molar-refractivity contribution >= 4 is 61.3 Å². The van der Waals surface area contributed by atoms with Crippen LogP contribution in [0.5, 0.6) is 11.5 Å². The first-order valence-electron chi connectivity index (χ1n) is 8.39. The van der Waals surface area contributed by atoms with E-state index in [9.17, 15) is 9.90 Å². The molecule has 140 valence electrons. The molecule has 7 heteroatoms. The van der Waals surface area contributed by atoms with Crippen molar-refractivity contribution in [3.05, 3.63) is 69.5 Å². The van der Waals surface area contributed by atoms with Crippen LogP contribution >= 0.6 is 27.7 Å². The highest BCUT2D eigenvalue weighted by Crippen LogP contribution is 2.36. The van der Waals surface area contributed by atoms with Gasteiger partial charge in [-0.1, -0.05) is 52.3 Å². The molecule has 0 aliphatic carbocycles. The molecule has 0 bridgehead atoms. The zero-order valence-corrected chi connectivity index (χ0v) is 17.2. The summed E-state index contributed by atoms with van der Waals surface area (Å²) in [6.45, 7) is 0. The van der Waals surface area contributed by atoms with E-state index in [-0.39, 0.29) is 11.7 Å². The Hall–Kier alpha value is -2.77. The number of halogens is 1. The number of carbonyl (C=O) groups is 1. The number of fused-ring (bicyclic) bond motifs is 1. The summed E-state index contributed by atoms with van der Waals surface area (Å²) in [5.41, 5.74) is 1.52. The minimum absolute atomic E-state index is 0.0262. The number of amidine groups is 1. The van der Waals surface area contributed by atoms with E-state index in [1.165, 1.54) is 24.9 Å². The van der Waals surface area contributed by atoms with Crippen molar-refractivity contribution in [2.24, 2.45) is 4.99 Å². The maximum Gasteiger partial charge on any atom is 0.264 e. The quantitative estimate of drug-likeness (QED) is 0.532. The minimum Gasteiger partial charge on any atom is -0.504 e. The average Bonchev–Trinajstić information content (AvgIpc) is 3.03. The van der Waals surface area contributed by atoms with E-state index in [2.05, 4.69) is 26.2 Å². The van der Waals surface area contributed by atoms with E-state index in [0.29, 0.717) is 20.3 Å². The lowest BCUT2D eigenvalue weighted by Gasteiger charge is -2.06. The molecule has 4 rings (SSSR count). The third-order valence-electron chi connectivity index (χ3n) is 4.22. The zero-order chi connectivity index (χ0) is 19.7. The normalized spacial score (nSPS) is 16.7. The van der Waals surface area contributed by atoms with Crippen molar-refractivity contribution in [3.63, 3.8) is 0 Å². The van der Waals surface area contributed by atoms with E-state index in [4.69, 9.17) is 4.74 Å². The van der Waals surface area contributed by atoms with Gasteiger partial charge in [-0.3, -0.25) is 4.79 Å². The molecule has 0 unspecified atom stereocenters. The second-order valence-corrected chi connectivity index (χ2v) is 7.91. The van der Waals surface area contributed by atoms with Crippen LogP contribution in [0, 0.1) is 0 Å². The van der Waals surface area contributed by atoms with E-state index in [1.807, 2.05) is 42.5 Å². The topological polar surface area (TPSA) is 70.9 Å². The molecule has 3 aromatic carbocycles. The minimum atomic E-state index is -0.220. The molecule has 3 aromatic rings. The maximum absolute atomic E-state index is 12.4. The van der Waals surface area contributed by atoms with Gasteiger partial charge in [-0.15, -0.1) is 0 Å². The number of carbonyl (C=O) groups excluding carboxylic acids is 1. The zero-order valence-electron chi connectivity index (χ0n) is 14.8. The SMILES string of the molecule is COc1cc(C=C2SC(=Nc3cccc4ccccc34)NC2=O)c(Br)cc1O. The fourth-order valence-electron chi connectivity index (χ4n) is 2.87. The molecule has 1 aliphatic rings. The number of hydrogen-bond donors (Lipinski definition) is 2. The van der Waals surface area contributed by atoms with Crippen molar-refractivity contribution in [1.82, 2.24) is 5.32 Å². The number of hydrogen-bond acceptors (Lipinski definition) is 5. The van der Waals surface area contributed by atoms with Crippen molar-refractivity contribution in [3.8, 4) is 11.5 Å². The molecule has 5 nitrogen and oxygen atoms in total. The van der Waals surface area contributed by atoms with Crippen LogP contribution < -0.4 is 10.1 Å². The van der Waals surface area contributed by atoms with E-state index in [1.54, 1.807) is 12.1 Å². The van der Waals surface area contributed by atoms with Gasteiger partial charge in [0.15, 0.2) is 16.7 Å². The number of phenols is 1. The first-order chi connectivity index (χ1) is 13.5. The fourth-order valence-corrected chi connectivity index (χ4v) is 4.14. The van der Waals surface area contributed by atoms with Gasteiger partial charge < -0.3 is 15.2 Å². The van der Waals surface area contributed by atoms with Crippen molar-refractivity contribution in [1.29, 1.82) is 0 Å². The van der Waals surface area contributed by atoms with Gasteiger partial charge in [0.25, 0.3) is 5.91 Å². The number of aromatic hydroxyl groups is 1. The second-order valence-electron chi connectivity index (χ2n) is 6.03. The molecule has 0 radical (unpaired) electrons. The molecule has 0 atom stereocenters. The number of rotatable bonds is 3. The molecule has 1 aliphatic heterocycles. The van der Waals surface area contributed by atoms with Crippen LogP contribution in [0.15, 0.2) is 69.0 Å². The molecule has 2 N–H and O–H groups in total. The molecule has 0 saturated carbocycles. The summed E-state index contributed by atoms with van der Waals surface area (Å²) in [6.07, 6.45) is 1.73. The Balaban J connectivity index is 1.68. The molecule has 28 heavy (non-hydrogen) atoms. The first kappa shape index (κ1) is 18.6. The van der Waals surface area contributed by atoms with Crippen LogP contribution in [0.2, 0.25) is 0 Å². The van der Waals surface area contributed by atoms with Crippen LogP contribution in [-0.2, 0) is 4.79 Å². The lowest BCUT2D eigenvalue weighted by molar-refractivity contribution is -0.115. The van der Waals surface area contributed by atoms with Gasteiger partial charge in [0.1, 0.15) is 0 Å². The van der Waals surface area contributed by atoms with E-state index < -0.39 is 0 Å². The van der Waals surface area contributed by atoms with Gasteiger partial charge in [-0.2, -0.15) is 0 Å². The molecule has 1 heterocycles. The largest absolute Gasteiger partial charge is 0.504 e. The number of ether oxygens (including phenoxy) is 1. The number of nitrogens with zero attached hydrogens (tertiary/aromatic N) is 1. The first-order valence-corrected chi connectivity index (χ1v) is 10.00. The smallest absolute Gasteiger partial charge is 0.264 e. The summed E-state index contributed by atoms with van der Waals surface area (Å²) in [4.78, 5) is 17.5. The number of aliphatic imine (C=N–C) groups is 1. The van der Waals surface area contributed by atoms with E-state index >= 15 is 0 Å². The molecule has 0 spiro atoms. The predicted molar refractivity (Wildman–Crippen MR) is 117 cm³/mol. The highest BCUT2D eigenvalue weighted by molar-refractivity contribution is 9.10. The van der Waals surface area contributed by atoms with Gasteiger partial charge in [0.2, 0.25) is 0 Å². The molecule has 1 amide bonds. The summed E-state index contributed by atoms with van der Waals surface area (Å²) in [5, 5.41) is 15.3. The Bertz CT molecular complexity index is 1150. The van der Waals surface area contributed by atoms with Crippen molar-refractivity contribution < 1.29 is 14.6 Å². The van der Waals surface area contributed by atoms with Gasteiger partial charge in [0.05, 0.1) is 17.7 Å². The van der Waals surface area contributed by atoms with Crippen LogP contribution in [-0.4, -0.2) is 23.3 Å². The van der Waals surface area contributed by atoms with Gasteiger partial charge >= 0.3 is 0 Å². The number of benzene rings is 3. The fraction of sp³-hybridized carbons (Fsp3) is 0.0476. The molecule has 1 fully saturated rings. The van der Waals surface area contributed by atoms with Crippen molar-refractivity contribution in [2.45, 2.75) is 0 Å². The number of nitrogens with one attached hydrogen (secondary N) is 1. The van der Waals surface area contributed by atoms with Crippen LogP contribution in [0.4, 0.5) is 5.69 Å². The number of thioether (sulfide) groups is 1. The van der Waals surface area contributed by atoms with Gasteiger partial charge in [-0.05, 0) is 47.0 Å². The van der Waals surface area contributed by atoms with Crippen molar-refractivity contribution in [2.75, 3.05) is 7.11 Å². The summed E-state index contributed by atoms with van der Waals surface area (Å²) < 4.78 is 5.80. The Morgan fingerprint density at radius 2 is 1.96 bits per heavy atom. The predicted octanol–water partition coefficient (Wildman–Crippen LogP) is 5.21. The summed E-state index contributed by atoms with van der Waals surface area (Å²) in [6, 6.07) is 17.1. The Labute approximate surface area is 174 Å². The summed E-state index contributed by atoms with van der Waals surface area (Å²) in [7, 11) is 1.48. The van der Waals surface area contributed by atoms with Crippen LogP contribution in [0.3, 0.4) is 0 Å². The summed E-state index contributed by atoms with van der Waals surface area (Å²) in [5.74, 6) is 0.143. The standard InChI is InChI=1S/C21H15BrN2O3S/c1-27-18-9-13(15(22)11-17(18)25)10-19-20(26)24-21(28-19)23-16-8-4-6-12-5-2-3-7-14(12)16/h2-11,25H,1H3,(H,23,24,26). The molecule has 1 saturated heterocycles. The second kappa shape index (κ2) is 7.69. The molecule has 0 aromatic heterocycles. The Morgan fingerprint density at radius 1 is 1.18 bits per heavy atom. The van der Waals surface area contributed by atoms with Gasteiger partial charge in [0, 0.05) is 9.86 Å². The van der Waals surface area contributed by atoms with Crippen LogP contribution in [0.25, 0.3) is 16.8 Å². The third-order valence-corrected chi connectivity index (χ3v) is 5.82. The Morgan fingerprint density at radius 3 is 2.79 bits per heavy atom. The highest BCUT2D eigenvalue weighted by Gasteiger charge is 2.24. The summed E-state index contributed by atoms with van der Waals surface area (Å²) >= 11 is 4.67. The van der Waals surface area contributed by atoms with Crippen LogP contribution in [0.1, 0.15) is 5.56 Å². The monoisotopic (exact) mass is 454 g/mol. The lowest BCUT2D eigenvalue weighted by atomic mass is 10.1. The van der Waals surface area contributed by atoms with Gasteiger partial charge in [-0.25, -0.2) is 4.99 Å². The Kier molecular flexibility index (Phi) is 5.11. The molecular formula is C21H15BrN2O3S. The highest BCUT2D eigenvalue weighted by atomic mass is 79.9. The average molecular weight is 455 g/mol. The number of phenolic OH excluding ortho intramolecular Hbond substituents is 1. The maximum atomic E-state index is 12.4. The lowest BCUT2D eigenvalue weighted by Crippen LogP contribution is -2.19. The third kappa shape index (κ3) is 3.63. The number of methoxy groups -OCH3 is 1.